The van der Waals surface area contributed by atoms with E-state index in [1.165, 1.54) is 103 Å². The molecule has 0 aromatic rings. The van der Waals surface area contributed by atoms with Gasteiger partial charge in [0.1, 0.15) is 0 Å². The lowest BCUT2D eigenvalue weighted by Crippen LogP contribution is -2.23. The van der Waals surface area contributed by atoms with Crippen LogP contribution in [0, 0.1) is 23.7 Å². The molecule has 0 spiro atoms. The Balaban J connectivity index is 4.55. The van der Waals surface area contributed by atoms with Gasteiger partial charge in [-0.3, -0.25) is 0 Å². The molecule has 0 heterocycles. The molecule has 0 aromatic carbocycles. The third-order valence-electron chi connectivity index (χ3n) is 7.16. The Bertz CT molecular complexity index is 283. The Hall–Kier alpha value is -0.0400. The predicted molar refractivity (Wildman–Crippen MR) is 133 cm³/mol. The van der Waals surface area contributed by atoms with Gasteiger partial charge in [-0.2, -0.15) is 0 Å². The summed E-state index contributed by atoms with van der Waals surface area (Å²) < 4.78 is 6.47. The largest absolute Gasteiger partial charge is 0.381 e. The fourth-order valence-corrected chi connectivity index (χ4v) is 4.63. The molecule has 0 fully saturated rings. The van der Waals surface area contributed by atoms with Gasteiger partial charge in [-0.1, -0.05) is 131 Å². The van der Waals surface area contributed by atoms with Crippen molar-refractivity contribution < 1.29 is 4.74 Å². The van der Waals surface area contributed by atoms with Crippen molar-refractivity contribution in [1.29, 1.82) is 0 Å². The number of hydrogen-bond acceptors (Lipinski definition) is 1. The van der Waals surface area contributed by atoms with E-state index in [0.29, 0.717) is 0 Å². The highest BCUT2D eigenvalue weighted by atomic mass is 16.5. The zero-order valence-electron chi connectivity index (χ0n) is 21.4. The van der Waals surface area contributed by atoms with Crippen LogP contribution in [0.1, 0.15) is 144 Å². The summed E-state index contributed by atoms with van der Waals surface area (Å²) in [5.41, 5.74) is 0. The number of hydrogen-bond donors (Lipinski definition) is 0. The van der Waals surface area contributed by atoms with Gasteiger partial charge in [0, 0.05) is 13.2 Å². The zero-order chi connectivity index (χ0) is 21.7. The second kappa shape index (κ2) is 21.2. The average molecular weight is 411 g/mol. The maximum Gasteiger partial charge on any atom is 0.0496 e. The van der Waals surface area contributed by atoms with Gasteiger partial charge in [-0.05, 0) is 36.5 Å². The van der Waals surface area contributed by atoms with Crippen LogP contribution in [0.25, 0.3) is 0 Å². The molecule has 29 heavy (non-hydrogen) atoms. The molecule has 0 saturated heterocycles. The third kappa shape index (κ3) is 16.3. The smallest absolute Gasteiger partial charge is 0.0496 e. The van der Waals surface area contributed by atoms with Crippen LogP contribution < -0.4 is 0 Å². The monoisotopic (exact) mass is 410 g/mol. The minimum absolute atomic E-state index is 0.769. The lowest BCUT2D eigenvalue weighted by Gasteiger charge is -2.28. The summed E-state index contributed by atoms with van der Waals surface area (Å²) in [4.78, 5) is 0. The van der Waals surface area contributed by atoms with Crippen molar-refractivity contribution in [3.05, 3.63) is 0 Å². The summed E-state index contributed by atoms with van der Waals surface area (Å²) in [6.07, 6.45) is 22.0. The van der Waals surface area contributed by atoms with E-state index in [2.05, 4.69) is 41.5 Å². The maximum atomic E-state index is 6.47. The van der Waals surface area contributed by atoms with E-state index in [1.54, 1.807) is 0 Å². The van der Waals surface area contributed by atoms with E-state index in [1.807, 2.05) is 0 Å². The molecule has 0 N–H and O–H groups in total. The number of ether oxygens (including phenoxy) is 1. The third-order valence-corrected chi connectivity index (χ3v) is 7.16. The topological polar surface area (TPSA) is 9.23 Å². The van der Waals surface area contributed by atoms with Gasteiger partial charge in [0.2, 0.25) is 0 Å². The van der Waals surface area contributed by atoms with Crippen LogP contribution in [0.5, 0.6) is 0 Å². The first-order valence-electron chi connectivity index (χ1n) is 13.7. The molecule has 0 aliphatic carbocycles. The first-order valence-corrected chi connectivity index (χ1v) is 13.7. The van der Waals surface area contributed by atoms with Gasteiger partial charge in [0.05, 0.1) is 0 Å². The standard InChI is InChI=1S/C28H58O/c1-7-11-15-17-21-27(25(5)19-13-9-3)23-29-24-28(22-18-16-12-8-2)26(6)20-14-10-4/h25-28H,7-24H2,1-6H3. The molecule has 0 amide bonds. The molecule has 0 aliphatic heterocycles. The van der Waals surface area contributed by atoms with Crippen LogP contribution >= 0.6 is 0 Å². The zero-order valence-corrected chi connectivity index (χ0v) is 21.4. The van der Waals surface area contributed by atoms with Crippen molar-refractivity contribution >= 4 is 0 Å². The van der Waals surface area contributed by atoms with Crippen molar-refractivity contribution in [2.75, 3.05) is 13.2 Å². The van der Waals surface area contributed by atoms with Crippen molar-refractivity contribution in [3.63, 3.8) is 0 Å². The molecule has 0 aliphatic rings. The second-order valence-electron chi connectivity index (χ2n) is 10.00. The Kier molecular flexibility index (Phi) is 21.2. The Morgan fingerprint density at radius 1 is 0.448 bits per heavy atom. The minimum atomic E-state index is 0.769. The molecule has 4 atom stereocenters. The molecular weight excluding hydrogens is 352 g/mol. The highest BCUT2D eigenvalue weighted by Crippen LogP contribution is 2.27. The van der Waals surface area contributed by atoms with E-state index in [-0.39, 0.29) is 0 Å². The minimum Gasteiger partial charge on any atom is -0.381 e. The van der Waals surface area contributed by atoms with Gasteiger partial charge < -0.3 is 4.74 Å². The van der Waals surface area contributed by atoms with Gasteiger partial charge in [0.25, 0.3) is 0 Å². The molecule has 1 heteroatoms. The lowest BCUT2D eigenvalue weighted by atomic mass is 9.85. The molecule has 0 saturated carbocycles. The predicted octanol–water partition coefficient (Wildman–Crippen LogP) is 9.83. The van der Waals surface area contributed by atoms with Crippen molar-refractivity contribution in [1.82, 2.24) is 0 Å². The molecule has 0 bridgehead atoms. The Morgan fingerprint density at radius 3 is 1.17 bits per heavy atom. The van der Waals surface area contributed by atoms with Gasteiger partial charge in [-0.15, -0.1) is 0 Å². The summed E-state index contributed by atoms with van der Waals surface area (Å²) in [5.74, 6) is 3.17. The first kappa shape index (κ1) is 29.0. The SMILES string of the molecule is CCCCCCC(COCC(CCCCCC)C(C)CCCC)C(C)CCCC. The van der Waals surface area contributed by atoms with Crippen LogP contribution in [-0.2, 0) is 4.74 Å². The fourth-order valence-electron chi connectivity index (χ4n) is 4.63. The molecule has 0 aromatic heterocycles. The van der Waals surface area contributed by atoms with E-state index in [0.717, 1.165) is 36.9 Å². The van der Waals surface area contributed by atoms with Crippen LogP contribution in [0.4, 0.5) is 0 Å². The highest BCUT2D eigenvalue weighted by Gasteiger charge is 2.20. The molecular formula is C28H58O. The van der Waals surface area contributed by atoms with Gasteiger partial charge >= 0.3 is 0 Å². The van der Waals surface area contributed by atoms with Crippen LogP contribution in [-0.4, -0.2) is 13.2 Å². The molecule has 4 unspecified atom stereocenters. The van der Waals surface area contributed by atoms with Gasteiger partial charge in [-0.25, -0.2) is 0 Å². The van der Waals surface area contributed by atoms with Crippen LogP contribution in [0.15, 0.2) is 0 Å². The number of unbranched alkanes of at least 4 members (excludes halogenated alkanes) is 8. The Morgan fingerprint density at radius 2 is 0.828 bits per heavy atom. The summed E-state index contributed by atoms with van der Waals surface area (Å²) in [6.45, 7) is 16.2. The summed E-state index contributed by atoms with van der Waals surface area (Å²) in [5, 5.41) is 0. The van der Waals surface area contributed by atoms with Crippen LogP contribution in [0.2, 0.25) is 0 Å². The normalized spacial score (nSPS) is 15.9. The fraction of sp³-hybridized carbons (Fsp3) is 1.00. The van der Waals surface area contributed by atoms with E-state index in [4.69, 9.17) is 4.74 Å². The van der Waals surface area contributed by atoms with Crippen molar-refractivity contribution in [3.8, 4) is 0 Å². The lowest BCUT2D eigenvalue weighted by molar-refractivity contribution is 0.0333. The molecule has 176 valence electrons. The second-order valence-corrected chi connectivity index (χ2v) is 10.00. The quantitative estimate of drug-likeness (QED) is 0.161. The highest BCUT2D eigenvalue weighted by molar-refractivity contribution is 4.70. The summed E-state index contributed by atoms with van der Waals surface area (Å²) in [6, 6.07) is 0. The Labute approximate surface area is 186 Å². The van der Waals surface area contributed by atoms with Crippen molar-refractivity contribution in [2.45, 2.75) is 144 Å². The molecule has 1 nitrogen and oxygen atoms in total. The summed E-state index contributed by atoms with van der Waals surface area (Å²) >= 11 is 0. The van der Waals surface area contributed by atoms with Crippen LogP contribution in [0.3, 0.4) is 0 Å². The average Bonchev–Trinajstić information content (AvgIpc) is 2.73. The molecule has 0 radical (unpaired) electrons. The van der Waals surface area contributed by atoms with Crippen molar-refractivity contribution in [2.24, 2.45) is 23.7 Å². The number of rotatable bonds is 22. The first-order chi connectivity index (χ1) is 14.1. The maximum absolute atomic E-state index is 6.47. The molecule has 0 rings (SSSR count). The van der Waals surface area contributed by atoms with E-state index in [9.17, 15) is 0 Å². The summed E-state index contributed by atoms with van der Waals surface area (Å²) in [7, 11) is 0. The van der Waals surface area contributed by atoms with E-state index < -0.39 is 0 Å². The van der Waals surface area contributed by atoms with Gasteiger partial charge in [0.15, 0.2) is 0 Å². The van der Waals surface area contributed by atoms with E-state index >= 15 is 0 Å².